The van der Waals surface area contributed by atoms with E-state index in [1.807, 2.05) is 18.2 Å². The molecule has 1 unspecified atom stereocenters. The van der Waals surface area contributed by atoms with Crippen molar-refractivity contribution in [3.05, 3.63) is 65.0 Å². The van der Waals surface area contributed by atoms with Crippen molar-refractivity contribution in [3.8, 4) is 0 Å². The number of ether oxygens (including phenoxy) is 1. The molecule has 0 aliphatic carbocycles. The summed E-state index contributed by atoms with van der Waals surface area (Å²) in [7, 11) is 0. The number of amides is 1. The minimum atomic E-state index is -0.563. The Bertz CT molecular complexity index is 834. The van der Waals surface area contributed by atoms with Gasteiger partial charge >= 0.3 is 0 Å². The molecule has 2 aromatic carbocycles. The van der Waals surface area contributed by atoms with Crippen LogP contribution in [0.2, 0.25) is 0 Å². The number of β-amino-alcohol motifs (C(OH)–C–C–N with tert-alkyl or cyclic N) is 1. The molecule has 6 heteroatoms. The van der Waals surface area contributed by atoms with E-state index >= 15 is 0 Å². The Kier molecular flexibility index (Phi) is 5.71. The van der Waals surface area contributed by atoms with Crippen molar-refractivity contribution in [1.29, 1.82) is 0 Å². The number of aliphatic hydroxyl groups excluding tert-OH is 1. The Morgan fingerprint density at radius 1 is 1.11 bits per heavy atom. The highest BCUT2D eigenvalue weighted by molar-refractivity contribution is 6.06. The third-order valence-corrected chi connectivity index (χ3v) is 5.48. The summed E-state index contributed by atoms with van der Waals surface area (Å²) in [6.07, 6.45) is 1.18. The molecule has 1 atom stereocenters. The van der Waals surface area contributed by atoms with Crippen molar-refractivity contribution in [2.45, 2.75) is 18.9 Å². The van der Waals surface area contributed by atoms with Crippen LogP contribution in [0.15, 0.2) is 42.5 Å². The summed E-state index contributed by atoms with van der Waals surface area (Å²) >= 11 is 0. The number of rotatable bonds is 4. The summed E-state index contributed by atoms with van der Waals surface area (Å²) in [5, 5.41) is 10.7. The average molecular weight is 384 g/mol. The first-order valence-electron chi connectivity index (χ1n) is 9.80. The summed E-state index contributed by atoms with van der Waals surface area (Å²) < 4.78 is 18.5. The van der Waals surface area contributed by atoms with Crippen LogP contribution in [0, 0.1) is 5.82 Å². The van der Waals surface area contributed by atoms with Crippen LogP contribution in [-0.4, -0.2) is 55.3 Å². The van der Waals surface area contributed by atoms with Gasteiger partial charge < -0.3 is 14.7 Å². The van der Waals surface area contributed by atoms with Gasteiger partial charge in [-0.2, -0.15) is 0 Å². The Hall–Kier alpha value is -2.28. The van der Waals surface area contributed by atoms with Crippen LogP contribution < -0.4 is 4.90 Å². The molecule has 1 fully saturated rings. The van der Waals surface area contributed by atoms with Gasteiger partial charge in [0.15, 0.2) is 0 Å². The standard InChI is InChI=1S/C22H25FN2O3/c23-19-6-3-16(4-7-19)22(27)25-9-1-2-17-14-18(5-8-20(17)25)21(26)15-24-10-12-28-13-11-24/h3-8,14,21,26H,1-2,9-13,15H2. The summed E-state index contributed by atoms with van der Waals surface area (Å²) in [6, 6.07) is 11.5. The second-order valence-electron chi connectivity index (χ2n) is 7.38. The molecule has 2 aliphatic heterocycles. The number of aliphatic hydroxyl groups is 1. The predicted molar refractivity (Wildman–Crippen MR) is 105 cm³/mol. The average Bonchev–Trinajstić information content (AvgIpc) is 2.73. The summed E-state index contributed by atoms with van der Waals surface area (Å²) in [5.74, 6) is -0.475. The number of anilines is 1. The van der Waals surface area contributed by atoms with Gasteiger partial charge in [0, 0.05) is 37.4 Å². The quantitative estimate of drug-likeness (QED) is 0.881. The molecule has 0 saturated carbocycles. The zero-order valence-electron chi connectivity index (χ0n) is 15.8. The molecule has 1 amide bonds. The van der Waals surface area contributed by atoms with Crippen LogP contribution in [0.25, 0.3) is 0 Å². The molecule has 0 bridgehead atoms. The van der Waals surface area contributed by atoms with Gasteiger partial charge in [-0.1, -0.05) is 12.1 Å². The van der Waals surface area contributed by atoms with Crippen molar-refractivity contribution in [1.82, 2.24) is 4.90 Å². The summed E-state index contributed by atoms with van der Waals surface area (Å²) in [4.78, 5) is 16.9. The minimum Gasteiger partial charge on any atom is -0.387 e. The molecule has 1 N–H and O–H groups in total. The van der Waals surface area contributed by atoms with E-state index in [1.165, 1.54) is 24.3 Å². The highest BCUT2D eigenvalue weighted by Gasteiger charge is 2.25. The third-order valence-electron chi connectivity index (χ3n) is 5.48. The maximum atomic E-state index is 13.2. The number of halogens is 1. The first kappa shape index (κ1) is 19.1. The lowest BCUT2D eigenvalue weighted by atomic mass is 9.96. The fraction of sp³-hybridized carbons (Fsp3) is 0.409. The summed E-state index contributed by atoms with van der Waals surface area (Å²) in [5.41, 5.74) is 3.30. The number of hydrogen-bond acceptors (Lipinski definition) is 4. The fourth-order valence-electron chi connectivity index (χ4n) is 3.92. The lowest BCUT2D eigenvalue weighted by Gasteiger charge is -2.31. The lowest BCUT2D eigenvalue weighted by Crippen LogP contribution is -2.39. The van der Waals surface area contributed by atoms with E-state index in [0.29, 0.717) is 31.9 Å². The molecule has 2 aliphatic rings. The number of carbonyl (C=O) groups is 1. The van der Waals surface area contributed by atoms with Crippen molar-refractivity contribution in [3.63, 3.8) is 0 Å². The van der Waals surface area contributed by atoms with Gasteiger partial charge in [0.2, 0.25) is 0 Å². The highest BCUT2D eigenvalue weighted by atomic mass is 19.1. The zero-order valence-corrected chi connectivity index (χ0v) is 15.8. The maximum absolute atomic E-state index is 13.2. The van der Waals surface area contributed by atoms with Gasteiger partial charge in [-0.05, 0) is 54.3 Å². The van der Waals surface area contributed by atoms with Gasteiger partial charge in [0.1, 0.15) is 5.82 Å². The topological polar surface area (TPSA) is 53.0 Å². The highest BCUT2D eigenvalue weighted by Crippen LogP contribution is 2.31. The molecule has 148 valence electrons. The number of morpholine rings is 1. The van der Waals surface area contributed by atoms with E-state index in [9.17, 15) is 14.3 Å². The van der Waals surface area contributed by atoms with Gasteiger partial charge in [-0.15, -0.1) is 0 Å². The number of fused-ring (bicyclic) bond motifs is 1. The molecule has 0 aromatic heterocycles. The number of aryl methyl sites for hydroxylation is 1. The Labute approximate surface area is 164 Å². The molecular formula is C22H25FN2O3. The van der Waals surface area contributed by atoms with Crippen LogP contribution in [0.1, 0.15) is 34.0 Å². The second kappa shape index (κ2) is 8.39. The molecule has 0 radical (unpaired) electrons. The second-order valence-corrected chi connectivity index (χ2v) is 7.38. The first-order valence-corrected chi connectivity index (χ1v) is 9.80. The lowest BCUT2D eigenvalue weighted by molar-refractivity contribution is 0.0143. The molecule has 2 aromatic rings. The van der Waals surface area contributed by atoms with Gasteiger partial charge in [0.25, 0.3) is 5.91 Å². The number of hydrogen-bond donors (Lipinski definition) is 1. The van der Waals surface area contributed by atoms with E-state index in [4.69, 9.17) is 4.74 Å². The van der Waals surface area contributed by atoms with Gasteiger partial charge in [-0.3, -0.25) is 9.69 Å². The van der Waals surface area contributed by atoms with Crippen LogP contribution in [0.5, 0.6) is 0 Å². The SMILES string of the molecule is O=C(c1ccc(F)cc1)N1CCCc2cc(C(O)CN3CCOCC3)ccc21. The molecule has 4 rings (SSSR count). The molecule has 0 spiro atoms. The van der Waals surface area contributed by atoms with Crippen LogP contribution in [0.3, 0.4) is 0 Å². The zero-order chi connectivity index (χ0) is 19.5. The van der Waals surface area contributed by atoms with E-state index in [1.54, 1.807) is 4.90 Å². The predicted octanol–water partition coefficient (Wildman–Crippen LogP) is 2.78. The fourth-order valence-corrected chi connectivity index (χ4v) is 3.92. The van der Waals surface area contributed by atoms with Crippen molar-refractivity contribution >= 4 is 11.6 Å². The number of nitrogens with zero attached hydrogens (tertiary/aromatic N) is 2. The molecule has 5 nitrogen and oxygen atoms in total. The normalized spacial score (nSPS) is 18.6. The van der Waals surface area contributed by atoms with Crippen LogP contribution in [0.4, 0.5) is 10.1 Å². The van der Waals surface area contributed by atoms with E-state index in [2.05, 4.69) is 4.90 Å². The number of carbonyl (C=O) groups excluding carboxylic acids is 1. The van der Waals surface area contributed by atoms with Crippen molar-refractivity contribution in [2.75, 3.05) is 44.3 Å². The Morgan fingerprint density at radius 3 is 2.61 bits per heavy atom. The molecular weight excluding hydrogens is 359 g/mol. The molecule has 1 saturated heterocycles. The van der Waals surface area contributed by atoms with Gasteiger partial charge in [-0.25, -0.2) is 4.39 Å². The van der Waals surface area contributed by atoms with Crippen LogP contribution in [-0.2, 0) is 11.2 Å². The van der Waals surface area contributed by atoms with Crippen molar-refractivity contribution < 1.29 is 19.0 Å². The third kappa shape index (κ3) is 4.09. The van der Waals surface area contributed by atoms with E-state index in [-0.39, 0.29) is 11.7 Å². The Morgan fingerprint density at radius 2 is 1.86 bits per heavy atom. The Balaban J connectivity index is 1.52. The molecule has 28 heavy (non-hydrogen) atoms. The van der Waals surface area contributed by atoms with E-state index in [0.717, 1.165) is 42.7 Å². The molecule has 2 heterocycles. The first-order chi connectivity index (χ1) is 13.6. The smallest absolute Gasteiger partial charge is 0.258 e. The largest absolute Gasteiger partial charge is 0.387 e. The van der Waals surface area contributed by atoms with Gasteiger partial charge in [0.05, 0.1) is 19.3 Å². The minimum absolute atomic E-state index is 0.123. The summed E-state index contributed by atoms with van der Waals surface area (Å²) in [6.45, 7) is 4.30. The number of benzene rings is 2. The maximum Gasteiger partial charge on any atom is 0.258 e. The van der Waals surface area contributed by atoms with E-state index < -0.39 is 6.10 Å². The monoisotopic (exact) mass is 384 g/mol. The van der Waals surface area contributed by atoms with Crippen LogP contribution >= 0.6 is 0 Å². The van der Waals surface area contributed by atoms with Crippen molar-refractivity contribution in [2.24, 2.45) is 0 Å².